The molecule has 0 radical (unpaired) electrons. The average molecular weight is 288 g/mol. The maximum absolute atomic E-state index is 13.3. The van der Waals surface area contributed by atoms with Crippen LogP contribution in [0.5, 0.6) is 0 Å². The fourth-order valence-electron chi connectivity index (χ4n) is 1.72. The van der Waals surface area contributed by atoms with Gasteiger partial charge in [-0.3, -0.25) is 0 Å². The van der Waals surface area contributed by atoms with Crippen LogP contribution >= 0.6 is 0 Å². The van der Waals surface area contributed by atoms with Crippen LogP contribution in [0, 0.1) is 5.82 Å². The average Bonchev–Trinajstić information content (AvgIpc) is 2.38. The summed E-state index contributed by atoms with van der Waals surface area (Å²) in [5, 5.41) is 0. The molecule has 0 saturated carbocycles. The van der Waals surface area contributed by atoms with Crippen molar-refractivity contribution in [1.29, 1.82) is 0 Å². The molecule has 4 nitrogen and oxygen atoms in total. The lowest BCUT2D eigenvalue weighted by molar-refractivity contribution is 0.572. The van der Waals surface area contributed by atoms with E-state index in [0.29, 0.717) is 6.54 Å². The van der Waals surface area contributed by atoms with Crippen LogP contribution in [0.3, 0.4) is 0 Å². The van der Waals surface area contributed by atoms with Gasteiger partial charge in [0.25, 0.3) is 0 Å². The molecule has 0 saturated heterocycles. The highest BCUT2D eigenvalue weighted by Crippen LogP contribution is 2.14. The normalized spacial score (nSPS) is 11.7. The molecule has 0 aliphatic heterocycles. The molecule has 0 amide bonds. The third-order valence-corrected chi connectivity index (χ3v) is 4.33. The number of hydrogen-bond donors (Lipinski definition) is 2. The van der Waals surface area contributed by atoms with Gasteiger partial charge in [-0.15, -0.1) is 0 Å². The summed E-state index contributed by atoms with van der Waals surface area (Å²) in [6.45, 7) is 2.47. The van der Waals surface area contributed by atoms with Gasteiger partial charge in [-0.1, -0.05) is 26.2 Å². The summed E-state index contributed by atoms with van der Waals surface area (Å²) in [5.74, 6) is -0.482. The van der Waals surface area contributed by atoms with Crippen molar-refractivity contribution in [3.8, 4) is 0 Å². The molecule has 0 aliphatic carbocycles. The molecule has 0 aromatic heterocycles. The first-order chi connectivity index (χ1) is 9.01. The fourth-order valence-corrected chi connectivity index (χ4v) is 2.84. The zero-order valence-electron chi connectivity index (χ0n) is 11.2. The lowest BCUT2D eigenvalue weighted by atomic mass is 10.2. The Morgan fingerprint density at radius 3 is 2.63 bits per heavy atom. The van der Waals surface area contributed by atoms with E-state index >= 15 is 0 Å². The summed E-state index contributed by atoms with van der Waals surface area (Å²) in [4.78, 5) is 0.0600. The van der Waals surface area contributed by atoms with E-state index < -0.39 is 15.8 Å². The molecule has 0 unspecified atom stereocenters. The van der Waals surface area contributed by atoms with Gasteiger partial charge in [-0.25, -0.2) is 17.5 Å². The SMILES string of the molecule is CCCCCCNS(=O)(=O)c1ccc(F)c(CN)c1. The van der Waals surface area contributed by atoms with Crippen LogP contribution in [0.25, 0.3) is 0 Å². The van der Waals surface area contributed by atoms with Gasteiger partial charge in [0.15, 0.2) is 0 Å². The standard InChI is InChI=1S/C13H21FN2O2S/c1-2-3-4-5-8-16-19(17,18)12-6-7-13(14)11(9-12)10-15/h6-7,9,16H,2-5,8,10,15H2,1H3. The van der Waals surface area contributed by atoms with Crippen LogP contribution in [0.15, 0.2) is 23.1 Å². The van der Waals surface area contributed by atoms with E-state index in [0.717, 1.165) is 31.7 Å². The zero-order valence-corrected chi connectivity index (χ0v) is 12.0. The van der Waals surface area contributed by atoms with E-state index in [1.807, 2.05) is 0 Å². The second-order valence-corrected chi connectivity index (χ2v) is 6.18. The van der Waals surface area contributed by atoms with Gasteiger partial charge in [0.05, 0.1) is 4.90 Å². The first-order valence-corrected chi connectivity index (χ1v) is 7.97. The van der Waals surface area contributed by atoms with Crippen molar-refractivity contribution < 1.29 is 12.8 Å². The minimum atomic E-state index is -3.57. The molecule has 0 fully saturated rings. The topological polar surface area (TPSA) is 72.2 Å². The molecular weight excluding hydrogens is 267 g/mol. The summed E-state index contributed by atoms with van der Waals surface area (Å²) in [6, 6.07) is 3.67. The van der Waals surface area contributed by atoms with Crippen LogP contribution in [-0.2, 0) is 16.6 Å². The van der Waals surface area contributed by atoms with Crippen molar-refractivity contribution in [1.82, 2.24) is 4.72 Å². The van der Waals surface area contributed by atoms with Gasteiger partial charge < -0.3 is 5.73 Å². The first kappa shape index (κ1) is 16.1. The van der Waals surface area contributed by atoms with Gasteiger partial charge in [-0.2, -0.15) is 0 Å². The van der Waals surface area contributed by atoms with Crippen LogP contribution in [0.1, 0.15) is 38.2 Å². The molecule has 1 aromatic rings. The largest absolute Gasteiger partial charge is 0.326 e. The Morgan fingerprint density at radius 2 is 2.00 bits per heavy atom. The number of sulfonamides is 1. The molecule has 1 aromatic carbocycles. The molecule has 3 N–H and O–H groups in total. The van der Waals surface area contributed by atoms with Crippen LogP contribution in [0.4, 0.5) is 4.39 Å². The van der Waals surface area contributed by atoms with Crippen LogP contribution < -0.4 is 10.5 Å². The van der Waals surface area contributed by atoms with Crippen molar-refractivity contribution >= 4 is 10.0 Å². The molecule has 19 heavy (non-hydrogen) atoms. The number of unbranched alkanes of at least 4 members (excludes halogenated alkanes) is 3. The van der Waals surface area contributed by atoms with Crippen molar-refractivity contribution in [2.24, 2.45) is 5.73 Å². The van der Waals surface area contributed by atoms with Crippen molar-refractivity contribution in [2.75, 3.05) is 6.54 Å². The minimum Gasteiger partial charge on any atom is -0.326 e. The molecule has 0 heterocycles. The van der Waals surface area contributed by atoms with E-state index in [1.165, 1.54) is 12.1 Å². The molecular formula is C13H21FN2O2S. The Labute approximate surface area is 114 Å². The molecule has 0 spiro atoms. The summed E-state index contributed by atoms with van der Waals surface area (Å²) in [7, 11) is -3.57. The fraction of sp³-hybridized carbons (Fsp3) is 0.538. The quantitative estimate of drug-likeness (QED) is 0.720. The lowest BCUT2D eigenvalue weighted by Gasteiger charge is -2.08. The predicted octanol–water partition coefficient (Wildman–Crippen LogP) is 2.14. The third kappa shape index (κ3) is 4.89. The predicted molar refractivity (Wildman–Crippen MR) is 73.6 cm³/mol. The summed E-state index contributed by atoms with van der Waals surface area (Å²) in [5.41, 5.74) is 5.57. The monoisotopic (exact) mass is 288 g/mol. The van der Waals surface area contributed by atoms with E-state index in [-0.39, 0.29) is 17.0 Å². The highest BCUT2D eigenvalue weighted by atomic mass is 32.2. The smallest absolute Gasteiger partial charge is 0.240 e. The Kier molecular flexibility index (Phi) is 6.41. The maximum atomic E-state index is 13.3. The number of hydrogen-bond acceptors (Lipinski definition) is 3. The van der Waals surface area contributed by atoms with E-state index in [4.69, 9.17) is 5.73 Å². The maximum Gasteiger partial charge on any atom is 0.240 e. The number of rotatable bonds is 8. The van der Waals surface area contributed by atoms with E-state index in [2.05, 4.69) is 11.6 Å². The molecule has 108 valence electrons. The number of nitrogens with two attached hydrogens (primary N) is 1. The van der Waals surface area contributed by atoms with Crippen molar-refractivity contribution in [3.63, 3.8) is 0 Å². The lowest BCUT2D eigenvalue weighted by Crippen LogP contribution is -2.25. The highest BCUT2D eigenvalue weighted by Gasteiger charge is 2.15. The van der Waals surface area contributed by atoms with Gasteiger partial charge in [-0.05, 0) is 24.6 Å². The second kappa shape index (κ2) is 7.57. The number of nitrogens with one attached hydrogen (secondary N) is 1. The molecule has 0 atom stereocenters. The Bertz CT molecular complexity index is 503. The summed E-state index contributed by atoms with van der Waals surface area (Å²) >= 11 is 0. The first-order valence-electron chi connectivity index (χ1n) is 6.49. The molecule has 1 rings (SSSR count). The molecule has 0 aliphatic rings. The van der Waals surface area contributed by atoms with Gasteiger partial charge in [0.1, 0.15) is 5.82 Å². The minimum absolute atomic E-state index is 0.0221. The van der Waals surface area contributed by atoms with Gasteiger partial charge in [0, 0.05) is 18.7 Å². The summed E-state index contributed by atoms with van der Waals surface area (Å²) < 4.78 is 39.7. The van der Waals surface area contributed by atoms with Crippen LogP contribution in [-0.4, -0.2) is 15.0 Å². The zero-order chi connectivity index (χ0) is 14.3. The molecule has 6 heteroatoms. The number of halogens is 1. The Balaban J connectivity index is 2.67. The second-order valence-electron chi connectivity index (χ2n) is 4.42. The van der Waals surface area contributed by atoms with E-state index in [9.17, 15) is 12.8 Å². The molecule has 0 bridgehead atoms. The van der Waals surface area contributed by atoms with Crippen molar-refractivity contribution in [3.05, 3.63) is 29.6 Å². The third-order valence-electron chi connectivity index (χ3n) is 2.87. The van der Waals surface area contributed by atoms with Crippen molar-refractivity contribution in [2.45, 2.75) is 44.0 Å². The Morgan fingerprint density at radius 1 is 1.26 bits per heavy atom. The summed E-state index contributed by atoms with van der Waals surface area (Å²) in [6.07, 6.45) is 3.99. The van der Waals surface area contributed by atoms with E-state index in [1.54, 1.807) is 0 Å². The van der Waals surface area contributed by atoms with Gasteiger partial charge in [0.2, 0.25) is 10.0 Å². The highest BCUT2D eigenvalue weighted by molar-refractivity contribution is 7.89. The Hall–Kier alpha value is -0.980. The number of benzene rings is 1. The van der Waals surface area contributed by atoms with Crippen LogP contribution in [0.2, 0.25) is 0 Å². The van der Waals surface area contributed by atoms with Gasteiger partial charge >= 0.3 is 0 Å².